The van der Waals surface area contributed by atoms with Crippen molar-refractivity contribution in [3.63, 3.8) is 0 Å². The summed E-state index contributed by atoms with van der Waals surface area (Å²) in [5.41, 5.74) is 0.653. The van der Waals surface area contributed by atoms with Crippen molar-refractivity contribution in [2.75, 3.05) is 14.2 Å². The molecule has 1 unspecified atom stereocenters. The van der Waals surface area contributed by atoms with Crippen LogP contribution < -0.4 is 14.8 Å². The quantitative estimate of drug-likeness (QED) is 0.374. The fourth-order valence-electron chi connectivity index (χ4n) is 3.67. The van der Waals surface area contributed by atoms with Crippen LogP contribution in [0.5, 0.6) is 11.5 Å². The van der Waals surface area contributed by atoms with Crippen LogP contribution in [-0.2, 0) is 25.8 Å². The molecular weight excluding hydrogens is 475 g/mol. The third kappa shape index (κ3) is 7.00. The zero-order valence-electron chi connectivity index (χ0n) is 20.7. The molecule has 0 radical (unpaired) electrons. The number of oxazole rings is 1. The van der Waals surface area contributed by atoms with Crippen molar-refractivity contribution < 1.29 is 31.9 Å². The molecule has 1 N–H and O–H groups in total. The van der Waals surface area contributed by atoms with Gasteiger partial charge in [0.15, 0.2) is 17.2 Å². The highest BCUT2D eigenvalue weighted by molar-refractivity contribution is 5.92. The van der Waals surface area contributed by atoms with Crippen LogP contribution in [0.25, 0.3) is 0 Å². The summed E-state index contributed by atoms with van der Waals surface area (Å²) in [6, 6.07) is 10.6. The van der Waals surface area contributed by atoms with Crippen molar-refractivity contribution in [3.8, 4) is 11.5 Å². The lowest BCUT2D eigenvalue weighted by Gasteiger charge is -2.23. The van der Waals surface area contributed by atoms with Crippen LogP contribution in [-0.4, -0.2) is 36.1 Å². The number of halogens is 3. The summed E-state index contributed by atoms with van der Waals surface area (Å²) in [5, 5.41) is 2.83. The third-order valence-corrected chi connectivity index (χ3v) is 5.67. The summed E-state index contributed by atoms with van der Waals surface area (Å²) < 4.78 is 56.2. The molecule has 0 aliphatic heterocycles. The summed E-state index contributed by atoms with van der Waals surface area (Å²) in [6.07, 6.45) is -2.40. The lowest BCUT2D eigenvalue weighted by molar-refractivity contribution is -0.137. The molecule has 0 saturated heterocycles. The fourth-order valence-corrected chi connectivity index (χ4v) is 3.67. The second kappa shape index (κ2) is 11.9. The van der Waals surface area contributed by atoms with E-state index in [2.05, 4.69) is 10.3 Å². The van der Waals surface area contributed by atoms with E-state index in [0.29, 0.717) is 23.6 Å². The number of aromatic nitrogens is 1. The van der Waals surface area contributed by atoms with Crippen molar-refractivity contribution in [3.05, 3.63) is 77.0 Å². The van der Waals surface area contributed by atoms with Crippen LogP contribution in [0.15, 0.2) is 53.1 Å². The van der Waals surface area contributed by atoms with Crippen LogP contribution >= 0.6 is 0 Å². The highest BCUT2D eigenvalue weighted by Gasteiger charge is 2.30. The summed E-state index contributed by atoms with van der Waals surface area (Å²) in [6.45, 7) is 4.45. The molecule has 3 rings (SSSR count). The Bertz CT molecular complexity index is 1160. The van der Waals surface area contributed by atoms with E-state index in [1.165, 1.54) is 26.5 Å². The van der Waals surface area contributed by atoms with Gasteiger partial charge in [-0.15, -0.1) is 0 Å². The molecule has 10 heteroatoms. The highest BCUT2D eigenvalue weighted by Crippen LogP contribution is 2.33. The molecule has 7 nitrogen and oxygen atoms in total. The Kier molecular flexibility index (Phi) is 8.98. The van der Waals surface area contributed by atoms with E-state index in [9.17, 15) is 18.0 Å². The maximum absolute atomic E-state index is 13.3. The molecule has 2 aromatic carbocycles. The first kappa shape index (κ1) is 27.1. The Hall–Kier alpha value is -3.53. The number of carbonyl (C=O) groups is 1. The van der Waals surface area contributed by atoms with E-state index in [0.717, 1.165) is 24.1 Å². The Labute approximate surface area is 208 Å². The average Bonchev–Trinajstić information content (AvgIpc) is 3.32. The van der Waals surface area contributed by atoms with Crippen LogP contribution in [0.4, 0.5) is 13.2 Å². The van der Waals surface area contributed by atoms with Gasteiger partial charge in [-0.2, -0.15) is 13.2 Å². The van der Waals surface area contributed by atoms with Crippen LogP contribution in [0, 0.1) is 0 Å². The van der Waals surface area contributed by atoms with Gasteiger partial charge >= 0.3 is 6.18 Å². The number of rotatable bonds is 11. The first-order valence-corrected chi connectivity index (χ1v) is 11.5. The number of benzene rings is 2. The van der Waals surface area contributed by atoms with Gasteiger partial charge in [-0.25, -0.2) is 4.98 Å². The maximum atomic E-state index is 13.3. The van der Waals surface area contributed by atoms with Gasteiger partial charge in [0.25, 0.3) is 5.91 Å². The van der Waals surface area contributed by atoms with Gasteiger partial charge in [-0.05, 0) is 31.0 Å². The summed E-state index contributed by atoms with van der Waals surface area (Å²) in [4.78, 5) is 18.5. The normalized spacial score (nSPS) is 12.4. The minimum absolute atomic E-state index is 0.0180. The molecule has 0 bridgehead atoms. The second-order valence-corrected chi connectivity index (χ2v) is 8.41. The molecule has 1 atom stereocenters. The van der Waals surface area contributed by atoms with Crippen molar-refractivity contribution in [2.24, 2.45) is 0 Å². The molecule has 0 aliphatic carbocycles. The van der Waals surface area contributed by atoms with Gasteiger partial charge in [0.2, 0.25) is 5.89 Å². The van der Waals surface area contributed by atoms with Crippen LogP contribution in [0.1, 0.15) is 53.3 Å². The van der Waals surface area contributed by atoms with Crippen LogP contribution in [0.3, 0.4) is 0 Å². The number of alkyl halides is 3. The standard InChI is InChI=1S/C26H30F3N3O4/c1-5-17(2)30-25(33)21-16-36-23(31-21)15-32(13-18-8-6-10-20(12-18)26(27,28)29)14-19-9-7-11-22(34-3)24(19)35-4/h6-12,16-17H,5,13-15H2,1-4H3,(H,30,33). The van der Waals surface area contributed by atoms with Gasteiger partial charge < -0.3 is 19.2 Å². The Morgan fingerprint density at radius 2 is 1.86 bits per heavy atom. The maximum Gasteiger partial charge on any atom is 0.416 e. The van der Waals surface area contributed by atoms with Gasteiger partial charge in [0, 0.05) is 24.7 Å². The number of methoxy groups -OCH3 is 2. The minimum atomic E-state index is -4.45. The largest absolute Gasteiger partial charge is 0.493 e. The van der Waals surface area contributed by atoms with Crippen molar-refractivity contribution in [2.45, 2.75) is 52.1 Å². The summed E-state index contributed by atoms with van der Waals surface area (Å²) in [7, 11) is 3.05. The van der Waals surface area contributed by atoms with Crippen molar-refractivity contribution in [1.82, 2.24) is 15.2 Å². The number of nitrogens with zero attached hydrogens (tertiary/aromatic N) is 2. The molecule has 0 spiro atoms. The molecule has 0 saturated carbocycles. The zero-order chi connectivity index (χ0) is 26.3. The van der Waals surface area contributed by atoms with Gasteiger partial charge in [0.1, 0.15) is 6.26 Å². The van der Waals surface area contributed by atoms with E-state index in [1.807, 2.05) is 30.9 Å². The topological polar surface area (TPSA) is 76.8 Å². The summed E-state index contributed by atoms with van der Waals surface area (Å²) in [5.74, 6) is 0.973. The second-order valence-electron chi connectivity index (χ2n) is 8.41. The zero-order valence-corrected chi connectivity index (χ0v) is 20.7. The Morgan fingerprint density at radius 3 is 2.53 bits per heavy atom. The lowest BCUT2D eigenvalue weighted by Crippen LogP contribution is -2.32. The number of amides is 1. The summed E-state index contributed by atoms with van der Waals surface area (Å²) >= 11 is 0. The fraction of sp³-hybridized carbons (Fsp3) is 0.385. The first-order chi connectivity index (χ1) is 17.1. The predicted octanol–water partition coefficient (Wildman–Crippen LogP) is 5.44. The number of hydrogen-bond donors (Lipinski definition) is 1. The molecule has 1 aromatic heterocycles. The Morgan fingerprint density at radius 1 is 1.11 bits per heavy atom. The molecule has 0 fully saturated rings. The van der Waals surface area contributed by atoms with Gasteiger partial charge in [-0.3, -0.25) is 9.69 Å². The molecule has 1 heterocycles. The van der Waals surface area contributed by atoms with E-state index in [4.69, 9.17) is 13.9 Å². The van der Waals surface area contributed by atoms with E-state index >= 15 is 0 Å². The SMILES string of the molecule is CCC(C)NC(=O)c1coc(CN(Cc2cccc(C(F)(F)F)c2)Cc2cccc(OC)c2OC)n1. The number of carbonyl (C=O) groups excluding carboxylic acids is 1. The average molecular weight is 506 g/mol. The monoisotopic (exact) mass is 505 g/mol. The number of nitrogens with one attached hydrogen (secondary N) is 1. The molecule has 1 amide bonds. The van der Waals surface area contributed by atoms with Gasteiger partial charge in [-0.1, -0.05) is 37.3 Å². The first-order valence-electron chi connectivity index (χ1n) is 11.5. The van der Waals surface area contributed by atoms with E-state index < -0.39 is 11.7 Å². The third-order valence-electron chi connectivity index (χ3n) is 5.67. The number of para-hydroxylation sites is 1. The smallest absolute Gasteiger partial charge is 0.416 e. The molecular formula is C26H30F3N3O4. The van der Waals surface area contributed by atoms with Crippen LogP contribution in [0.2, 0.25) is 0 Å². The highest BCUT2D eigenvalue weighted by atomic mass is 19.4. The molecule has 3 aromatic rings. The number of ether oxygens (including phenoxy) is 2. The van der Waals surface area contributed by atoms with Crippen molar-refractivity contribution >= 4 is 5.91 Å². The molecule has 194 valence electrons. The van der Waals surface area contributed by atoms with E-state index in [1.54, 1.807) is 12.1 Å². The van der Waals surface area contributed by atoms with Crippen molar-refractivity contribution in [1.29, 1.82) is 0 Å². The lowest BCUT2D eigenvalue weighted by atomic mass is 10.1. The predicted molar refractivity (Wildman–Crippen MR) is 128 cm³/mol. The molecule has 0 aliphatic rings. The number of hydrogen-bond acceptors (Lipinski definition) is 6. The Balaban J connectivity index is 1.88. The van der Waals surface area contributed by atoms with Gasteiger partial charge in [0.05, 0.1) is 26.3 Å². The van der Waals surface area contributed by atoms with E-state index in [-0.39, 0.29) is 36.6 Å². The molecule has 36 heavy (non-hydrogen) atoms. The minimum Gasteiger partial charge on any atom is -0.493 e.